The van der Waals surface area contributed by atoms with Crippen molar-refractivity contribution in [1.29, 1.82) is 0 Å². The quantitative estimate of drug-likeness (QED) is 0.850. The van der Waals surface area contributed by atoms with Gasteiger partial charge in [-0.3, -0.25) is 0 Å². The molecule has 1 aliphatic rings. The number of pyridine rings is 1. The number of carboxylic acids is 1. The summed E-state index contributed by atoms with van der Waals surface area (Å²) >= 11 is 5.83. The van der Waals surface area contributed by atoms with Gasteiger partial charge in [0.25, 0.3) is 0 Å². The van der Waals surface area contributed by atoms with Crippen LogP contribution < -0.4 is 10.1 Å². The van der Waals surface area contributed by atoms with Crippen molar-refractivity contribution < 1.29 is 14.6 Å². The van der Waals surface area contributed by atoms with Crippen molar-refractivity contribution >= 4 is 23.4 Å². The van der Waals surface area contributed by atoms with E-state index in [-0.39, 0.29) is 16.8 Å². The van der Waals surface area contributed by atoms with Gasteiger partial charge in [0.05, 0.1) is 11.6 Å². The van der Waals surface area contributed by atoms with Crippen LogP contribution in [0.4, 0.5) is 5.82 Å². The van der Waals surface area contributed by atoms with Crippen molar-refractivity contribution in [3.63, 3.8) is 0 Å². The summed E-state index contributed by atoms with van der Waals surface area (Å²) in [6.45, 7) is 0.468. The van der Waals surface area contributed by atoms with Gasteiger partial charge in [-0.25, -0.2) is 9.78 Å². The minimum atomic E-state index is -1.04. The molecule has 1 atom stereocenters. The topological polar surface area (TPSA) is 71.5 Å². The predicted octanol–water partition coefficient (Wildman–Crippen LogP) is 2.98. The Hall–Kier alpha value is -2.27. The van der Waals surface area contributed by atoms with Crippen molar-refractivity contribution in [1.82, 2.24) is 4.98 Å². The molecule has 3 rings (SSSR count). The lowest BCUT2D eigenvalue weighted by Gasteiger charge is -2.13. The first-order valence-electron chi connectivity index (χ1n) is 6.02. The van der Waals surface area contributed by atoms with E-state index in [4.69, 9.17) is 21.4 Å². The Morgan fingerprint density at radius 2 is 2.20 bits per heavy atom. The number of rotatable bonds is 3. The molecule has 1 aromatic heterocycles. The molecule has 5 nitrogen and oxygen atoms in total. The van der Waals surface area contributed by atoms with Crippen LogP contribution in [0.3, 0.4) is 0 Å². The smallest absolute Gasteiger partial charge is 0.335 e. The van der Waals surface area contributed by atoms with Gasteiger partial charge in [0, 0.05) is 5.56 Å². The molecule has 6 heteroatoms. The number of para-hydroxylation sites is 1. The van der Waals surface area contributed by atoms with Crippen LogP contribution in [0.25, 0.3) is 0 Å². The number of nitrogens with one attached hydrogen (secondary N) is 1. The fourth-order valence-electron chi connectivity index (χ4n) is 2.15. The average molecular weight is 291 g/mol. The Morgan fingerprint density at radius 3 is 3.00 bits per heavy atom. The Bertz CT molecular complexity index is 675. The maximum atomic E-state index is 11.0. The zero-order valence-corrected chi connectivity index (χ0v) is 11.1. The monoisotopic (exact) mass is 290 g/mol. The number of anilines is 1. The molecule has 2 aromatic rings. The number of carboxylic acid groups (broad SMARTS) is 1. The number of aromatic nitrogens is 1. The maximum absolute atomic E-state index is 11.0. The van der Waals surface area contributed by atoms with E-state index in [9.17, 15) is 4.79 Å². The highest BCUT2D eigenvalue weighted by Gasteiger charge is 2.24. The molecule has 102 valence electrons. The lowest BCUT2D eigenvalue weighted by molar-refractivity contribution is 0.0697. The lowest BCUT2D eigenvalue weighted by atomic mass is 10.1. The van der Waals surface area contributed by atoms with Crippen LogP contribution >= 0.6 is 11.6 Å². The van der Waals surface area contributed by atoms with E-state index in [2.05, 4.69) is 10.3 Å². The van der Waals surface area contributed by atoms with Gasteiger partial charge in [-0.15, -0.1) is 0 Å². The second-order valence-electron chi connectivity index (χ2n) is 4.41. The molecule has 0 fully saturated rings. The molecule has 2 heterocycles. The fourth-order valence-corrected chi connectivity index (χ4v) is 2.36. The first kappa shape index (κ1) is 12.7. The van der Waals surface area contributed by atoms with E-state index in [0.29, 0.717) is 12.4 Å². The Balaban J connectivity index is 1.88. The van der Waals surface area contributed by atoms with E-state index in [0.717, 1.165) is 11.3 Å². The van der Waals surface area contributed by atoms with Crippen LogP contribution in [0.15, 0.2) is 36.4 Å². The molecule has 1 aromatic carbocycles. The number of fused-ring (bicyclic) bond motifs is 1. The molecule has 0 amide bonds. The molecule has 0 saturated carbocycles. The molecular weight excluding hydrogens is 280 g/mol. The number of nitrogens with zero attached hydrogens (tertiary/aromatic N) is 1. The Kier molecular flexibility index (Phi) is 3.20. The highest BCUT2D eigenvalue weighted by Crippen LogP contribution is 2.34. The minimum absolute atomic E-state index is 0.0705. The Labute approximate surface area is 120 Å². The first-order chi connectivity index (χ1) is 9.63. The van der Waals surface area contributed by atoms with Gasteiger partial charge < -0.3 is 15.2 Å². The summed E-state index contributed by atoms with van der Waals surface area (Å²) in [4.78, 5) is 15.1. The molecule has 20 heavy (non-hydrogen) atoms. The van der Waals surface area contributed by atoms with Crippen LogP contribution in [-0.4, -0.2) is 22.7 Å². The molecule has 0 bridgehead atoms. The third-order valence-corrected chi connectivity index (χ3v) is 3.26. The van der Waals surface area contributed by atoms with Gasteiger partial charge in [-0.2, -0.15) is 0 Å². The number of benzene rings is 1. The molecule has 0 spiro atoms. The third kappa shape index (κ3) is 2.40. The van der Waals surface area contributed by atoms with Crippen LogP contribution in [0.2, 0.25) is 5.15 Å². The highest BCUT2D eigenvalue weighted by molar-refractivity contribution is 6.29. The van der Waals surface area contributed by atoms with Gasteiger partial charge in [-0.05, 0) is 18.2 Å². The van der Waals surface area contributed by atoms with Crippen LogP contribution in [0.1, 0.15) is 22.0 Å². The molecule has 0 aliphatic carbocycles. The molecule has 1 aliphatic heterocycles. The van der Waals surface area contributed by atoms with E-state index < -0.39 is 5.97 Å². The number of halogens is 1. The second kappa shape index (κ2) is 5.02. The summed E-state index contributed by atoms with van der Waals surface area (Å²) in [5.74, 6) is 0.200. The van der Waals surface area contributed by atoms with E-state index >= 15 is 0 Å². The maximum Gasteiger partial charge on any atom is 0.335 e. The third-order valence-electron chi connectivity index (χ3n) is 3.06. The number of hydrogen-bond acceptors (Lipinski definition) is 4. The zero-order valence-electron chi connectivity index (χ0n) is 10.3. The van der Waals surface area contributed by atoms with E-state index in [1.165, 1.54) is 12.1 Å². The summed E-state index contributed by atoms with van der Waals surface area (Å²) in [7, 11) is 0. The van der Waals surface area contributed by atoms with Gasteiger partial charge in [0.1, 0.15) is 23.3 Å². The van der Waals surface area contributed by atoms with Crippen molar-refractivity contribution in [3.05, 3.63) is 52.7 Å². The zero-order chi connectivity index (χ0) is 14.1. The van der Waals surface area contributed by atoms with Crippen LogP contribution in [-0.2, 0) is 0 Å². The predicted molar refractivity (Wildman–Crippen MR) is 74.5 cm³/mol. The molecule has 2 N–H and O–H groups in total. The molecule has 0 saturated heterocycles. The fraction of sp³-hybridized carbons (Fsp3) is 0.143. The standard InChI is InChI=1S/C14H11ClN2O3/c15-12-5-8(14(18)19)6-13(17-12)16-10-7-20-11-4-2-1-3-9(10)11/h1-6,10H,7H2,(H,16,17)(H,18,19). The first-order valence-corrected chi connectivity index (χ1v) is 6.40. The van der Waals surface area contributed by atoms with Crippen LogP contribution in [0.5, 0.6) is 5.75 Å². The SMILES string of the molecule is O=C(O)c1cc(Cl)nc(NC2COc3ccccc32)c1. The summed E-state index contributed by atoms with van der Waals surface area (Å²) in [6.07, 6.45) is 0. The summed E-state index contributed by atoms with van der Waals surface area (Å²) in [5.41, 5.74) is 1.12. The highest BCUT2D eigenvalue weighted by atomic mass is 35.5. The largest absolute Gasteiger partial charge is 0.491 e. The number of ether oxygens (including phenoxy) is 1. The molecule has 0 radical (unpaired) electrons. The summed E-state index contributed by atoms with van der Waals surface area (Å²) < 4.78 is 5.55. The summed E-state index contributed by atoms with van der Waals surface area (Å²) in [6, 6.07) is 10.4. The van der Waals surface area contributed by atoms with Gasteiger partial charge in [0.15, 0.2) is 0 Å². The molecular formula is C14H11ClN2O3. The van der Waals surface area contributed by atoms with Gasteiger partial charge >= 0.3 is 5.97 Å². The van der Waals surface area contributed by atoms with Crippen molar-refractivity contribution in [2.75, 3.05) is 11.9 Å². The minimum Gasteiger partial charge on any atom is -0.491 e. The van der Waals surface area contributed by atoms with Crippen molar-refractivity contribution in [2.24, 2.45) is 0 Å². The van der Waals surface area contributed by atoms with Crippen molar-refractivity contribution in [3.8, 4) is 5.75 Å². The Morgan fingerprint density at radius 1 is 1.40 bits per heavy atom. The normalized spacial score (nSPS) is 16.4. The van der Waals surface area contributed by atoms with Gasteiger partial charge in [-0.1, -0.05) is 29.8 Å². The number of aromatic carboxylic acids is 1. The average Bonchev–Trinajstić information content (AvgIpc) is 2.82. The van der Waals surface area contributed by atoms with E-state index in [1.807, 2.05) is 24.3 Å². The van der Waals surface area contributed by atoms with Gasteiger partial charge in [0.2, 0.25) is 0 Å². The summed E-state index contributed by atoms with van der Waals surface area (Å²) in [5, 5.41) is 12.3. The van der Waals surface area contributed by atoms with E-state index in [1.54, 1.807) is 0 Å². The van der Waals surface area contributed by atoms with Crippen molar-refractivity contribution in [2.45, 2.75) is 6.04 Å². The number of carbonyl (C=O) groups is 1. The van der Waals surface area contributed by atoms with Crippen LogP contribution in [0, 0.1) is 0 Å². The number of hydrogen-bond donors (Lipinski definition) is 2. The lowest BCUT2D eigenvalue weighted by Crippen LogP contribution is -2.13. The second-order valence-corrected chi connectivity index (χ2v) is 4.80. The molecule has 1 unspecified atom stereocenters.